The Morgan fingerprint density at radius 1 is 1.35 bits per heavy atom. The first-order valence-corrected chi connectivity index (χ1v) is 7.27. The zero-order valence-corrected chi connectivity index (χ0v) is 13.0. The van der Waals surface area contributed by atoms with Gasteiger partial charge in [0.25, 0.3) is 0 Å². The first-order valence-electron chi connectivity index (χ1n) is 6.48. The van der Waals surface area contributed by atoms with Crippen molar-refractivity contribution in [3.8, 4) is 11.3 Å². The largest absolute Gasteiger partial charge is 0.468 e. The summed E-state index contributed by atoms with van der Waals surface area (Å²) in [6, 6.07) is 7.98. The minimum absolute atomic E-state index is 0.200. The Bertz CT molecular complexity index is 657. The predicted octanol–water partition coefficient (Wildman–Crippen LogP) is 3.35. The van der Waals surface area contributed by atoms with Gasteiger partial charge in [-0.05, 0) is 31.9 Å². The van der Waals surface area contributed by atoms with Crippen LogP contribution in [0, 0.1) is 6.92 Å². The molecule has 1 saturated carbocycles. The van der Waals surface area contributed by atoms with E-state index in [1.165, 1.54) is 7.11 Å². The van der Waals surface area contributed by atoms with Gasteiger partial charge in [0.1, 0.15) is 11.2 Å². The average Bonchev–Trinajstić information content (AvgIpc) is 3.17. The predicted molar refractivity (Wildman–Crippen MR) is 79.4 cm³/mol. The van der Waals surface area contributed by atoms with E-state index in [0.29, 0.717) is 0 Å². The van der Waals surface area contributed by atoms with Crippen LogP contribution >= 0.6 is 15.9 Å². The van der Waals surface area contributed by atoms with Crippen molar-refractivity contribution >= 4 is 21.9 Å². The van der Waals surface area contributed by atoms with E-state index in [4.69, 9.17) is 4.74 Å². The highest BCUT2D eigenvalue weighted by molar-refractivity contribution is 9.10. The first-order chi connectivity index (χ1) is 9.56. The van der Waals surface area contributed by atoms with Crippen LogP contribution in [0.5, 0.6) is 0 Å². The quantitative estimate of drug-likeness (QED) is 0.875. The number of nitrogens with zero attached hydrogens (tertiary/aromatic N) is 1. The number of esters is 1. The Balaban J connectivity index is 2.00. The fourth-order valence-corrected chi connectivity index (χ4v) is 2.70. The maximum absolute atomic E-state index is 11.9. The van der Waals surface area contributed by atoms with Gasteiger partial charge in [-0.3, -0.25) is 4.79 Å². The summed E-state index contributed by atoms with van der Waals surface area (Å²) in [5, 5.41) is 0. The van der Waals surface area contributed by atoms with Crippen molar-refractivity contribution in [2.75, 3.05) is 7.11 Å². The Morgan fingerprint density at radius 2 is 2.00 bits per heavy atom. The molecule has 5 heteroatoms. The van der Waals surface area contributed by atoms with Crippen molar-refractivity contribution in [1.29, 1.82) is 0 Å². The van der Waals surface area contributed by atoms with E-state index in [1.54, 1.807) is 0 Å². The molecule has 20 heavy (non-hydrogen) atoms. The van der Waals surface area contributed by atoms with Crippen molar-refractivity contribution in [2.24, 2.45) is 0 Å². The third-order valence-electron chi connectivity index (χ3n) is 3.78. The monoisotopic (exact) mass is 334 g/mol. The number of benzene rings is 1. The van der Waals surface area contributed by atoms with E-state index in [9.17, 15) is 4.79 Å². The molecule has 1 aliphatic carbocycles. The van der Waals surface area contributed by atoms with Crippen molar-refractivity contribution in [2.45, 2.75) is 25.2 Å². The summed E-state index contributed by atoms with van der Waals surface area (Å²) < 4.78 is 5.93. The lowest BCUT2D eigenvalue weighted by molar-refractivity contribution is -0.143. The molecule has 1 fully saturated rings. The number of carbonyl (C=O) groups excluding carboxylic acids is 1. The molecule has 1 aromatic carbocycles. The number of nitrogens with one attached hydrogen (secondary N) is 1. The molecule has 0 bridgehead atoms. The molecule has 0 unspecified atom stereocenters. The molecule has 0 saturated heterocycles. The number of carbonyl (C=O) groups is 1. The summed E-state index contributed by atoms with van der Waals surface area (Å²) in [5.74, 6) is 0.522. The van der Waals surface area contributed by atoms with E-state index < -0.39 is 5.41 Å². The van der Waals surface area contributed by atoms with Gasteiger partial charge in [0, 0.05) is 15.7 Å². The zero-order chi connectivity index (χ0) is 14.3. The number of imidazole rings is 1. The van der Waals surface area contributed by atoms with Crippen molar-refractivity contribution in [3.05, 3.63) is 40.3 Å². The fourth-order valence-electron chi connectivity index (χ4n) is 2.43. The molecule has 0 amide bonds. The lowest BCUT2D eigenvalue weighted by Gasteiger charge is -2.08. The number of H-pyrrole nitrogens is 1. The highest BCUT2D eigenvalue weighted by Crippen LogP contribution is 2.48. The molecule has 2 aromatic rings. The Hall–Kier alpha value is -1.62. The molecule has 4 nitrogen and oxygen atoms in total. The molecule has 1 heterocycles. The summed E-state index contributed by atoms with van der Waals surface area (Å²) in [7, 11) is 1.42. The van der Waals surface area contributed by atoms with Crippen LogP contribution in [0.3, 0.4) is 0 Å². The van der Waals surface area contributed by atoms with Gasteiger partial charge >= 0.3 is 5.97 Å². The molecule has 3 rings (SSSR count). The molecule has 1 aliphatic rings. The molecule has 1 N–H and O–H groups in total. The summed E-state index contributed by atoms with van der Waals surface area (Å²) in [5.41, 5.74) is 2.35. The van der Waals surface area contributed by atoms with Crippen LogP contribution in [0.2, 0.25) is 0 Å². The standard InChI is InChI=1S/C15H15BrN2O2/c1-9-12(10-3-5-11(16)6-4-10)18-13(17-9)15(7-8-15)14(19)20-2/h3-6H,7-8H2,1-2H3,(H,17,18). The van der Waals surface area contributed by atoms with E-state index in [2.05, 4.69) is 25.9 Å². The highest BCUT2D eigenvalue weighted by atomic mass is 79.9. The minimum Gasteiger partial charge on any atom is -0.468 e. The molecule has 0 aliphatic heterocycles. The Morgan fingerprint density at radius 3 is 2.55 bits per heavy atom. The third-order valence-corrected chi connectivity index (χ3v) is 4.31. The molecular formula is C15H15BrN2O2. The number of ether oxygens (including phenoxy) is 1. The van der Waals surface area contributed by atoms with Gasteiger partial charge in [-0.1, -0.05) is 28.1 Å². The number of hydrogen-bond donors (Lipinski definition) is 1. The first kappa shape index (κ1) is 13.4. The van der Waals surface area contributed by atoms with Gasteiger partial charge in [0.15, 0.2) is 0 Å². The van der Waals surface area contributed by atoms with E-state index in [1.807, 2.05) is 31.2 Å². The zero-order valence-electron chi connectivity index (χ0n) is 11.4. The van der Waals surface area contributed by atoms with Crippen LogP contribution in [0.15, 0.2) is 28.7 Å². The van der Waals surface area contributed by atoms with Crippen molar-refractivity contribution in [1.82, 2.24) is 9.97 Å². The van der Waals surface area contributed by atoms with Gasteiger partial charge in [0.2, 0.25) is 0 Å². The molecule has 0 spiro atoms. The topological polar surface area (TPSA) is 55.0 Å². The lowest BCUT2D eigenvalue weighted by atomic mass is 10.1. The van der Waals surface area contributed by atoms with Gasteiger partial charge in [-0.15, -0.1) is 0 Å². The van der Waals surface area contributed by atoms with Crippen molar-refractivity contribution < 1.29 is 9.53 Å². The fraction of sp³-hybridized carbons (Fsp3) is 0.333. The van der Waals surface area contributed by atoms with Gasteiger partial charge in [-0.25, -0.2) is 4.98 Å². The van der Waals surface area contributed by atoms with E-state index in [0.717, 1.165) is 40.1 Å². The molecule has 0 radical (unpaired) electrons. The second-order valence-corrected chi connectivity index (χ2v) is 6.06. The average molecular weight is 335 g/mol. The summed E-state index contributed by atoms with van der Waals surface area (Å²) in [6.07, 6.45) is 1.60. The number of aryl methyl sites for hydroxylation is 1. The lowest BCUT2D eigenvalue weighted by Crippen LogP contribution is -2.23. The van der Waals surface area contributed by atoms with Gasteiger partial charge in [0.05, 0.1) is 12.8 Å². The number of aromatic nitrogens is 2. The minimum atomic E-state index is -0.548. The number of halogens is 1. The van der Waals surface area contributed by atoms with Crippen LogP contribution in [0.1, 0.15) is 24.4 Å². The Kier molecular flexibility index (Phi) is 3.17. The summed E-state index contributed by atoms with van der Waals surface area (Å²) >= 11 is 3.42. The number of hydrogen-bond acceptors (Lipinski definition) is 3. The van der Waals surface area contributed by atoms with Crippen LogP contribution in [-0.2, 0) is 14.9 Å². The number of methoxy groups -OCH3 is 1. The summed E-state index contributed by atoms with van der Waals surface area (Å²) in [6.45, 7) is 1.97. The number of rotatable bonds is 3. The second-order valence-electron chi connectivity index (χ2n) is 5.14. The maximum atomic E-state index is 11.9. The van der Waals surface area contributed by atoms with E-state index in [-0.39, 0.29) is 5.97 Å². The van der Waals surface area contributed by atoms with Crippen LogP contribution in [0.25, 0.3) is 11.3 Å². The molecule has 104 valence electrons. The second kappa shape index (κ2) is 4.74. The van der Waals surface area contributed by atoms with Crippen LogP contribution in [-0.4, -0.2) is 23.0 Å². The van der Waals surface area contributed by atoms with Gasteiger partial charge in [-0.2, -0.15) is 0 Å². The van der Waals surface area contributed by atoms with Crippen LogP contribution < -0.4 is 0 Å². The SMILES string of the molecule is COC(=O)C1(c2nc(-c3ccc(Br)cc3)c(C)[nH]2)CC1. The molecule has 1 aromatic heterocycles. The third kappa shape index (κ3) is 2.06. The highest BCUT2D eigenvalue weighted by Gasteiger charge is 2.55. The van der Waals surface area contributed by atoms with Crippen LogP contribution in [0.4, 0.5) is 0 Å². The number of aromatic amines is 1. The normalized spacial score (nSPS) is 15.9. The molecule has 0 atom stereocenters. The van der Waals surface area contributed by atoms with Crippen molar-refractivity contribution in [3.63, 3.8) is 0 Å². The van der Waals surface area contributed by atoms with E-state index >= 15 is 0 Å². The summed E-state index contributed by atoms with van der Waals surface area (Å²) in [4.78, 5) is 19.8. The van der Waals surface area contributed by atoms with Gasteiger partial charge < -0.3 is 9.72 Å². The maximum Gasteiger partial charge on any atom is 0.319 e. The molecular weight excluding hydrogens is 320 g/mol. The Labute approximate surface area is 125 Å². The smallest absolute Gasteiger partial charge is 0.319 e.